The fraction of sp³-hybridized carbons (Fsp3) is 0.179. The van der Waals surface area contributed by atoms with Crippen LogP contribution in [0.3, 0.4) is 0 Å². The monoisotopic (exact) mass is 565 g/mol. The highest BCUT2D eigenvalue weighted by Gasteiger charge is 2.32. The molecular formula is C28H25F2N5O6. The van der Waals surface area contributed by atoms with Gasteiger partial charge in [-0.25, -0.2) is 13.8 Å². The number of fused-ring (bicyclic) bond motifs is 1. The molecule has 0 saturated carbocycles. The summed E-state index contributed by atoms with van der Waals surface area (Å²) >= 11 is 0. The van der Waals surface area contributed by atoms with E-state index in [1.165, 1.54) is 18.5 Å². The van der Waals surface area contributed by atoms with Gasteiger partial charge in [-0.1, -0.05) is 13.5 Å². The Balaban J connectivity index is 1.86. The van der Waals surface area contributed by atoms with E-state index in [9.17, 15) is 14.4 Å². The Morgan fingerprint density at radius 3 is 2.32 bits per heavy atom. The van der Waals surface area contributed by atoms with Crippen molar-refractivity contribution in [2.24, 2.45) is 0 Å². The molecule has 3 heterocycles. The second-order valence-corrected chi connectivity index (χ2v) is 8.58. The van der Waals surface area contributed by atoms with Crippen LogP contribution in [0.4, 0.5) is 31.7 Å². The van der Waals surface area contributed by atoms with E-state index in [1.54, 1.807) is 20.0 Å². The number of amides is 2. The van der Waals surface area contributed by atoms with Crippen molar-refractivity contribution in [2.45, 2.75) is 20.3 Å². The number of pyridine rings is 2. The van der Waals surface area contributed by atoms with Crippen LogP contribution >= 0.6 is 0 Å². The van der Waals surface area contributed by atoms with E-state index in [0.29, 0.717) is 16.9 Å². The van der Waals surface area contributed by atoms with Crippen molar-refractivity contribution < 1.29 is 37.1 Å². The third-order valence-corrected chi connectivity index (χ3v) is 6.00. The molecule has 1 aromatic carbocycles. The van der Waals surface area contributed by atoms with Crippen molar-refractivity contribution in [3.63, 3.8) is 0 Å². The first-order valence-corrected chi connectivity index (χ1v) is 12.1. The lowest BCUT2D eigenvalue weighted by molar-refractivity contribution is -0.116. The van der Waals surface area contributed by atoms with Gasteiger partial charge in [0.2, 0.25) is 17.6 Å². The van der Waals surface area contributed by atoms with Crippen LogP contribution in [0.1, 0.15) is 35.0 Å². The summed E-state index contributed by atoms with van der Waals surface area (Å²) < 4.78 is 45.9. The highest BCUT2D eigenvalue weighted by molar-refractivity contribution is 6.17. The number of halogens is 2. The largest absolute Gasteiger partial charge is 0.494 e. The maximum Gasteiger partial charge on any atom is 0.247 e. The van der Waals surface area contributed by atoms with E-state index in [4.69, 9.17) is 13.9 Å². The van der Waals surface area contributed by atoms with Crippen LogP contribution in [-0.2, 0) is 9.59 Å². The number of hydrogen-bond acceptors (Lipinski definition) is 9. The zero-order chi connectivity index (χ0) is 29.8. The Labute approximate surface area is 232 Å². The third kappa shape index (κ3) is 5.55. The summed E-state index contributed by atoms with van der Waals surface area (Å²) in [6.07, 6.45) is 5.41. The minimum Gasteiger partial charge on any atom is -0.494 e. The summed E-state index contributed by atoms with van der Waals surface area (Å²) in [5, 5.41) is 8.53. The number of nitrogens with one attached hydrogen (secondary N) is 3. The van der Waals surface area contributed by atoms with Gasteiger partial charge in [0.15, 0.2) is 34.5 Å². The number of hydrogen-bond donors (Lipinski definition) is 3. The second kappa shape index (κ2) is 11.8. The van der Waals surface area contributed by atoms with Crippen LogP contribution in [-0.4, -0.2) is 41.8 Å². The highest BCUT2D eigenvalue weighted by Crippen LogP contribution is 2.38. The molecule has 0 spiro atoms. The van der Waals surface area contributed by atoms with Gasteiger partial charge in [0.1, 0.15) is 11.4 Å². The molecule has 13 heteroatoms. The number of carbonyl (C=O) groups excluding carboxylic acids is 3. The fourth-order valence-electron chi connectivity index (χ4n) is 3.92. The summed E-state index contributed by atoms with van der Waals surface area (Å²) in [7, 11) is 2.30. The van der Waals surface area contributed by atoms with E-state index in [0.717, 1.165) is 26.4 Å². The van der Waals surface area contributed by atoms with Crippen LogP contribution in [0.15, 0.2) is 47.8 Å². The molecule has 0 unspecified atom stereocenters. The average molecular weight is 566 g/mol. The molecule has 0 saturated heterocycles. The van der Waals surface area contributed by atoms with Gasteiger partial charge < -0.3 is 29.8 Å². The zero-order valence-electron chi connectivity index (χ0n) is 22.5. The van der Waals surface area contributed by atoms with Crippen LogP contribution < -0.4 is 25.4 Å². The number of aromatic nitrogens is 2. The standard InChI is InChI=1S/C28H25F2N5O6/c1-6-20(36)33-15-11-31-10-13(3)25(15)34-19-8-14-18(12-32-19)41-28(26(14)35-21(37)7-2)27(38)22-23(29)16(39-4)9-17(40-5)24(22)30/h6,8-12H,1,7H2,2-5H3,(H,33,36)(H,35,37)(H,31,32,34). The molecule has 0 radical (unpaired) electrons. The highest BCUT2D eigenvalue weighted by atomic mass is 19.1. The fourth-order valence-corrected chi connectivity index (χ4v) is 3.92. The molecule has 212 valence electrons. The van der Waals surface area contributed by atoms with Crippen LogP contribution in [0, 0.1) is 18.6 Å². The molecule has 3 aromatic heterocycles. The maximum atomic E-state index is 15.2. The Kier molecular flexibility index (Phi) is 8.26. The van der Waals surface area contributed by atoms with Crippen LogP contribution in [0.5, 0.6) is 11.5 Å². The predicted octanol–water partition coefficient (Wildman–Crippen LogP) is 5.27. The summed E-state index contributed by atoms with van der Waals surface area (Å²) in [4.78, 5) is 46.3. The predicted molar refractivity (Wildman–Crippen MR) is 147 cm³/mol. The molecule has 0 fully saturated rings. The quantitative estimate of drug-likeness (QED) is 0.173. The van der Waals surface area contributed by atoms with Gasteiger partial charge in [-0.15, -0.1) is 0 Å². The first-order chi connectivity index (χ1) is 19.6. The lowest BCUT2D eigenvalue weighted by atomic mass is 10.0. The topological polar surface area (TPSA) is 145 Å². The smallest absolute Gasteiger partial charge is 0.247 e. The zero-order valence-corrected chi connectivity index (χ0v) is 22.5. The summed E-state index contributed by atoms with van der Waals surface area (Å²) in [5.41, 5.74) is 0.413. The number of furan rings is 1. The van der Waals surface area contributed by atoms with Crippen molar-refractivity contribution in [1.29, 1.82) is 0 Å². The molecule has 0 atom stereocenters. The number of anilines is 4. The van der Waals surface area contributed by atoms with Gasteiger partial charge in [-0.05, 0) is 24.6 Å². The minimum absolute atomic E-state index is 0.0365. The van der Waals surface area contributed by atoms with Crippen LogP contribution in [0.2, 0.25) is 0 Å². The lowest BCUT2D eigenvalue weighted by Gasteiger charge is -2.14. The number of methoxy groups -OCH3 is 2. The van der Waals surface area contributed by atoms with Gasteiger partial charge in [0, 0.05) is 18.7 Å². The Hall–Kier alpha value is -5.33. The number of ether oxygens (including phenoxy) is 2. The Bertz CT molecular complexity index is 1670. The Morgan fingerprint density at radius 2 is 1.71 bits per heavy atom. The number of aryl methyl sites for hydroxylation is 1. The molecule has 0 aliphatic heterocycles. The van der Waals surface area contributed by atoms with Gasteiger partial charge in [-0.3, -0.25) is 19.4 Å². The third-order valence-electron chi connectivity index (χ3n) is 6.00. The van der Waals surface area contributed by atoms with Gasteiger partial charge >= 0.3 is 0 Å². The van der Waals surface area contributed by atoms with Gasteiger partial charge in [-0.2, -0.15) is 0 Å². The molecule has 0 aliphatic rings. The lowest BCUT2D eigenvalue weighted by Crippen LogP contribution is -2.15. The van der Waals surface area contributed by atoms with E-state index in [-0.39, 0.29) is 28.9 Å². The first kappa shape index (κ1) is 28.7. The molecular weight excluding hydrogens is 540 g/mol. The van der Waals surface area contributed by atoms with Gasteiger partial charge in [0.25, 0.3) is 0 Å². The van der Waals surface area contributed by atoms with E-state index < -0.39 is 52.1 Å². The van der Waals surface area contributed by atoms with Crippen molar-refractivity contribution in [3.8, 4) is 11.5 Å². The summed E-state index contributed by atoms with van der Waals surface area (Å²) in [6.45, 7) is 6.78. The minimum atomic E-state index is -1.27. The second-order valence-electron chi connectivity index (χ2n) is 8.58. The molecule has 41 heavy (non-hydrogen) atoms. The number of nitrogens with zero attached hydrogens (tertiary/aromatic N) is 2. The van der Waals surface area contributed by atoms with Crippen LogP contribution in [0.25, 0.3) is 11.0 Å². The van der Waals surface area contributed by atoms with Crippen molar-refractivity contribution >= 4 is 51.4 Å². The number of carbonyl (C=O) groups is 3. The molecule has 4 aromatic rings. The maximum absolute atomic E-state index is 15.2. The molecule has 2 amide bonds. The molecule has 0 bridgehead atoms. The first-order valence-electron chi connectivity index (χ1n) is 12.1. The normalized spacial score (nSPS) is 10.7. The summed E-state index contributed by atoms with van der Waals surface area (Å²) in [6, 6.07) is 2.44. The number of ketones is 1. The molecule has 11 nitrogen and oxygen atoms in total. The molecule has 0 aliphatic carbocycles. The van der Waals surface area contributed by atoms with E-state index >= 15 is 8.78 Å². The SMILES string of the molecule is C=CC(=O)Nc1cncc(C)c1Nc1cc2c(NC(=O)CC)c(C(=O)c3c(F)c(OC)cc(OC)c3F)oc2cn1. The molecule has 3 N–H and O–H groups in total. The van der Waals surface area contributed by atoms with E-state index in [2.05, 4.69) is 32.5 Å². The number of rotatable bonds is 10. The number of benzene rings is 1. The van der Waals surface area contributed by atoms with Crippen molar-refractivity contribution in [1.82, 2.24) is 9.97 Å². The van der Waals surface area contributed by atoms with Crippen molar-refractivity contribution in [3.05, 3.63) is 71.9 Å². The van der Waals surface area contributed by atoms with Crippen molar-refractivity contribution in [2.75, 3.05) is 30.2 Å². The summed E-state index contributed by atoms with van der Waals surface area (Å²) in [5.74, 6) is -5.85. The molecule has 4 rings (SSSR count). The van der Waals surface area contributed by atoms with E-state index in [1.807, 2.05) is 0 Å². The van der Waals surface area contributed by atoms with Gasteiger partial charge in [0.05, 0.1) is 49.1 Å². The Morgan fingerprint density at radius 1 is 1.02 bits per heavy atom. The average Bonchev–Trinajstić information content (AvgIpc) is 3.32.